The molecule has 0 radical (unpaired) electrons. The molecule has 6 nitrogen and oxygen atoms in total. The Balaban J connectivity index is 2.20. The van der Waals surface area contributed by atoms with Crippen LogP contribution in [-0.2, 0) is 16.6 Å². The quantitative estimate of drug-likeness (QED) is 0.877. The lowest BCUT2D eigenvalue weighted by Crippen LogP contribution is -2.39. The summed E-state index contributed by atoms with van der Waals surface area (Å²) in [7, 11) is -3.60. The van der Waals surface area contributed by atoms with E-state index >= 15 is 0 Å². The molecule has 2 heterocycles. The number of aryl methyl sites for hydroxylation is 1. The number of sulfonamides is 1. The van der Waals surface area contributed by atoms with Crippen molar-refractivity contribution in [1.29, 1.82) is 0 Å². The molecule has 2 N–H and O–H groups in total. The van der Waals surface area contributed by atoms with Gasteiger partial charge in [0, 0.05) is 24.3 Å². The van der Waals surface area contributed by atoms with Crippen molar-refractivity contribution >= 4 is 10.0 Å². The van der Waals surface area contributed by atoms with Gasteiger partial charge in [-0.25, -0.2) is 8.42 Å². The normalized spacial score (nSPS) is 18.9. The van der Waals surface area contributed by atoms with Crippen LogP contribution >= 0.6 is 0 Å². The van der Waals surface area contributed by atoms with Gasteiger partial charge in [-0.2, -0.15) is 9.40 Å². The third-order valence-electron chi connectivity index (χ3n) is 4.22. The highest BCUT2D eigenvalue weighted by Gasteiger charge is 2.33. The number of hydrogen-bond donors (Lipinski definition) is 2. The maximum Gasteiger partial charge on any atom is 0.262 e. The highest BCUT2D eigenvalue weighted by molar-refractivity contribution is 7.89. The molecular formula is C13H23N3O3S. The number of aromatic nitrogens is 2. The molecule has 114 valence electrons. The molecule has 0 amide bonds. The molecule has 0 aromatic carbocycles. The first-order chi connectivity index (χ1) is 9.37. The van der Waals surface area contributed by atoms with E-state index < -0.39 is 10.0 Å². The standard InChI is InChI=1S/C13H23N3O3S/c1-9(2)11-4-6-16(7-5-11)20(18,19)13-12(8-17)10(3)14-15-13/h9,11,17H,4-8H2,1-3H3,(H,14,15). The van der Waals surface area contributed by atoms with E-state index in [4.69, 9.17) is 0 Å². The summed E-state index contributed by atoms with van der Waals surface area (Å²) >= 11 is 0. The van der Waals surface area contributed by atoms with E-state index in [1.54, 1.807) is 6.92 Å². The molecule has 2 rings (SSSR count). The number of aromatic amines is 1. The summed E-state index contributed by atoms with van der Waals surface area (Å²) < 4.78 is 26.7. The number of H-pyrrole nitrogens is 1. The van der Waals surface area contributed by atoms with Gasteiger partial charge in [0.1, 0.15) is 0 Å². The summed E-state index contributed by atoms with van der Waals surface area (Å²) in [6.07, 6.45) is 1.77. The monoisotopic (exact) mass is 301 g/mol. The molecule has 0 aliphatic carbocycles. The van der Waals surface area contributed by atoms with Gasteiger partial charge < -0.3 is 5.11 Å². The molecule has 20 heavy (non-hydrogen) atoms. The van der Waals surface area contributed by atoms with Gasteiger partial charge in [0.15, 0.2) is 5.03 Å². The van der Waals surface area contributed by atoms with E-state index in [0.717, 1.165) is 12.8 Å². The van der Waals surface area contributed by atoms with E-state index in [1.807, 2.05) is 0 Å². The van der Waals surface area contributed by atoms with Crippen molar-refractivity contribution in [3.63, 3.8) is 0 Å². The number of piperidine rings is 1. The van der Waals surface area contributed by atoms with Gasteiger partial charge in [0.05, 0.1) is 6.61 Å². The highest BCUT2D eigenvalue weighted by atomic mass is 32.2. The number of rotatable bonds is 4. The lowest BCUT2D eigenvalue weighted by molar-refractivity contribution is 0.225. The summed E-state index contributed by atoms with van der Waals surface area (Å²) in [5.41, 5.74) is 0.971. The second kappa shape index (κ2) is 5.83. The van der Waals surface area contributed by atoms with Crippen LogP contribution in [0.3, 0.4) is 0 Å². The van der Waals surface area contributed by atoms with Gasteiger partial charge >= 0.3 is 0 Å². The van der Waals surface area contributed by atoms with E-state index in [9.17, 15) is 13.5 Å². The van der Waals surface area contributed by atoms with Gasteiger partial charge in [-0.15, -0.1) is 0 Å². The van der Waals surface area contributed by atoms with Crippen LogP contribution < -0.4 is 0 Å². The Hall–Kier alpha value is -0.920. The van der Waals surface area contributed by atoms with E-state index in [1.165, 1.54) is 4.31 Å². The third-order valence-corrected chi connectivity index (χ3v) is 6.09. The van der Waals surface area contributed by atoms with Crippen molar-refractivity contribution in [2.75, 3.05) is 13.1 Å². The van der Waals surface area contributed by atoms with Gasteiger partial charge in [0.25, 0.3) is 10.0 Å². The van der Waals surface area contributed by atoms with Crippen molar-refractivity contribution in [3.05, 3.63) is 11.3 Å². The average Bonchev–Trinajstić information content (AvgIpc) is 2.80. The first-order valence-electron chi connectivity index (χ1n) is 7.02. The SMILES string of the molecule is Cc1[nH]nc(S(=O)(=O)N2CCC(C(C)C)CC2)c1CO. The van der Waals surface area contributed by atoms with Gasteiger partial charge in [-0.3, -0.25) is 5.10 Å². The predicted molar refractivity (Wildman–Crippen MR) is 75.6 cm³/mol. The highest BCUT2D eigenvalue weighted by Crippen LogP contribution is 2.29. The molecule has 1 fully saturated rings. The third kappa shape index (κ3) is 2.75. The Morgan fingerprint density at radius 3 is 2.50 bits per heavy atom. The predicted octanol–water partition coefficient (Wildman–Crippen LogP) is 1.27. The van der Waals surface area contributed by atoms with Crippen molar-refractivity contribution < 1.29 is 13.5 Å². The zero-order valence-electron chi connectivity index (χ0n) is 12.3. The minimum atomic E-state index is -3.60. The topological polar surface area (TPSA) is 86.3 Å². The van der Waals surface area contributed by atoms with Crippen LogP contribution in [0.2, 0.25) is 0 Å². The number of hydrogen-bond acceptors (Lipinski definition) is 4. The minimum Gasteiger partial charge on any atom is -0.392 e. The van der Waals surface area contributed by atoms with Crippen LogP contribution in [-0.4, -0.2) is 41.1 Å². The first-order valence-corrected chi connectivity index (χ1v) is 8.46. The fourth-order valence-electron chi connectivity index (χ4n) is 2.73. The molecule has 0 bridgehead atoms. The Bertz CT molecular complexity index is 557. The Kier molecular flexibility index (Phi) is 4.51. The van der Waals surface area contributed by atoms with Gasteiger partial charge in [-0.05, 0) is 31.6 Å². The lowest BCUT2D eigenvalue weighted by atomic mass is 9.87. The molecule has 0 atom stereocenters. The molecule has 1 saturated heterocycles. The van der Waals surface area contributed by atoms with Crippen molar-refractivity contribution in [2.45, 2.75) is 45.2 Å². The zero-order valence-corrected chi connectivity index (χ0v) is 13.1. The van der Waals surface area contributed by atoms with Crippen LogP contribution in [0.25, 0.3) is 0 Å². The van der Waals surface area contributed by atoms with Crippen molar-refractivity contribution in [3.8, 4) is 0 Å². The molecule has 0 unspecified atom stereocenters. The fourth-order valence-corrected chi connectivity index (χ4v) is 4.36. The summed E-state index contributed by atoms with van der Waals surface area (Å²) in [6.45, 7) is 6.80. The number of nitrogens with zero attached hydrogens (tertiary/aromatic N) is 2. The zero-order chi connectivity index (χ0) is 14.9. The Labute approximate surface area is 120 Å². The molecule has 7 heteroatoms. The van der Waals surface area contributed by atoms with Crippen LogP contribution in [0.5, 0.6) is 0 Å². The minimum absolute atomic E-state index is 0.0273. The second-order valence-corrected chi connectivity index (χ2v) is 7.63. The van der Waals surface area contributed by atoms with Gasteiger partial charge in [0.2, 0.25) is 0 Å². The second-order valence-electron chi connectivity index (χ2n) is 5.78. The molecule has 0 spiro atoms. The maximum atomic E-state index is 12.6. The lowest BCUT2D eigenvalue weighted by Gasteiger charge is -2.32. The molecular weight excluding hydrogens is 278 g/mol. The largest absolute Gasteiger partial charge is 0.392 e. The number of aliphatic hydroxyl groups excluding tert-OH is 1. The molecule has 1 aliphatic heterocycles. The number of nitrogens with one attached hydrogen (secondary N) is 1. The van der Waals surface area contributed by atoms with Crippen LogP contribution in [0.15, 0.2) is 5.03 Å². The Morgan fingerprint density at radius 1 is 1.40 bits per heavy atom. The summed E-state index contributed by atoms with van der Waals surface area (Å²) in [4.78, 5) is 0. The van der Waals surface area contributed by atoms with Crippen LogP contribution in [0.1, 0.15) is 37.9 Å². The summed E-state index contributed by atoms with van der Waals surface area (Å²) in [5, 5.41) is 15.8. The maximum absolute atomic E-state index is 12.6. The molecule has 0 saturated carbocycles. The summed E-state index contributed by atoms with van der Waals surface area (Å²) in [6, 6.07) is 0. The number of aliphatic hydroxyl groups is 1. The molecule has 1 aliphatic rings. The van der Waals surface area contributed by atoms with Crippen molar-refractivity contribution in [2.24, 2.45) is 11.8 Å². The van der Waals surface area contributed by atoms with E-state index in [2.05, 4.69) is 24.0 Å². The molecule has 1 aromatic rings. The van der Waals surface area contributed by atoms with Crippen LogP contribution in [0.4, 0.5) is 0 Å². The van der Waals surface area contributed by atoms with Crippen molar-refractivity contribution in [1.82, 2.24) is 14.5 Å². The first kappa shape index (κ1) is 15.5. The smallest absolute Gasteiger partial charge is 0.262 e. The van der Waals surface area contributed by atoms with Crippen LogP contribution in [0, 0.1) is 18.8 Å². The van der Waals surface area contributed by atoms with E-state index in [0.29, 0.717) is 36.2 Å². The van der Waals surface area contributed by atoms with Gasteiger partial charge in [-0.1, -0.05) is 13.8 Å². The summed E-state index contributed by atoms with van der Waals surface area (Å²) in [5.74, 6) is 1.17. The molecule has 1 aromatic heterocycles. The average molecular weight is 301 g/mol. The van der Waals surface area contributed by atoms with E-state index in [-0.39, 0.29) is 11.6 Å². The fraction of sp³-hybridized carbons (Fsp3) is 0.769. The Morgan fingerprint density at radius 2 is 2.00 bits per heavy atom.